The molecule has 2 aliphatic carbocycles. The molecular formula is C13H10O. The summed E-state index contributed by atoms with van der Waals surface area (Å²) in [6, 6.07) is 8.25. The number of rotatable bonds is 0. The molecule has 0 heterocycles. The number of ketones is 1. The molecular weight excluding hydrogens is 172 g/mol. The third kappa shape index (κ3) is 0.987. The molecule has 0 aromatic heterocycles. The van der Waals surface area contributed by atoms with Gasteiger partial charge in [-0.3, -0.25) is 4.79 Å². The topological polar surface area (TPSA) is 17.1 Å². The lowest BCUT2D eigenvalue weighted by Crippen LogP contribution is -2.02. The van der Waals surface area contributed by atoms with Gasteiger partial charge in [-0.2, -0.15) is 0 Å². The van der Waals surface area contributed by atoms with Gasteiger partial charge in [-0.25, -0.2) is 0 Å². The number of hydrogen-bond acceptors (Lipinski definition) is 1. The van der Waals surface area contributed by atoms with Gasteiger partial charge in [0.05, 0.1) is 0 Å². The largest absolute Gasteiger partial charge is 0.295 e. The second kappa shape index (κ2) is 2.68. The smallest absolute Gasteiger partial charge is 0.156 e. The zero-order valence-electron chi connectivity index (χ0n) is 7.79. The van der Waals surface area contributed by atoms with E-state index in [-0.39, 0.29) is 5.78 Å². The fourth-order valence-corrected chi connectivity index (χ4v) is 2.17. The van der Waals surface area contributed by atoms with Gasteiger partial charge in [0, 0.05) is 6.42 Å². The summed E-state index contributed by atoms with van der Waals surface area (Å²) in [7, 11) is 0. The van der Waals surface area contributed by atoms with Gasteiger partial charge in [0.15, 0.2) is 5.78 Å². The third-order valence-electron chi connectivity index (χ3n) is 2.87. The highest BCUT2D eigenvalue weighted by atomic mass is 16.1. The fourth-order valence-electron chi connectivity index (χ4n) is 2.17. The first-order valence-electron chi connectivity index (χ1n) is 4.89. The van der Waals surface area contributed by atoms with E-state index in [0.717, 1.165) is 12.0 Å². The van der Waals surface area contributed by atoms with Gasteiger partial charge in [0.2, 0.25) is 0 Å². The molecule has 0 aliphatic heterocycles. The lowest BCUT2D eigenvalue weighted by molar-refractivity contribution is -0.114. The van der Waals surface area contributed by atoms with E-state index in [1.54, 1.807) is 6.08 Å². The molecule has 0 N–H and O–H groups in total. The summed E-state index contributed by atoms with van der Waals surface area (Å²) in [5.41, 5.74) is 4.95. The van der Waals surface area contributed by atoms with Crippen molar-refractivity contribution in [2.45, 2.75) is 12.8 Å². The Hall–Kier alpha value is -1.63. The van der Waals surface area contributed by atoms with Gasteiger partial charge in [0.1, 0.15) is 0 Å². The molecule has 0 atom stereocenters. The predicted octanol–water partition coefficient (Wildman–Crippen LogP) is 2.83. The van der Waals surface area contributed by atoms with Crippen molar-refractivity contribution in [3.8, 4) is 0 Å². The second-order valence-corrected chi connectivity index (χ2v) is 3.78. The van der Waals surface area contributed by atoms with Gasteiger partial charge in [-0.05, 0) is 34.8 Å². The van der Waals surface area contributed by atoms with Crippen molar-refractivity contribution in [2.75, 3.05) is 0 Å². The minimum absolute atomic E-state index is 0.258. The highest BCUT2D eigenvalue weighted by Gasteiger charge is 2.22. The molecule has 68 valence electrons. The number of carbonyl (C=O) groups excluding carboxylic acids is 1. The van der Waals surface area contributed by atoms with Crippen LogP contribution >= 0.6 is 0 Å². The fraction of sp³-hybridized carbons (Fsp3) is 0.154. The van der Waals surface area contributed by atoms with E-state index < -0.39 is 0 Å². The minimum Gasteiger partial charge on any atom is -0.295 e. The normalized spacial score (nSPS) is 18.4. The Balaban J connectivity index is 2.23. The maximum absolute atomic E-state index is 11.3. The van der Waals surface area contributed by atoms with Crippen LogP contribution in [0.2, 0.25) is 0 Å². The lowest BCUT2D eigenvalue weighted by Gasteiger charge is -2.11. The number of fused-ring (bicyclic) bond motifs is 3. The Morgan fingerprint density at radius 1 is 1.00 bits per heavy atom. The van der Waals surface area contributed by atoms with Crippen LogP contribution in [0.5, 0.6) is 0 Å². The molecule has 0 radical (unpaired) electrons. The van der Waals surface area contributed by atoms with E-state index >= 15 is 0 Å². The summed E-state index contributed by atoms with van der Waals surface area (Å²) < 4.78 is 0. The summed E-state index contributed by atoms with van der Waals surface area (Å²) in [5.74, 6) is 0.258. The standard InChI is InChI=1S/C13H10O/c14-11-6-5-10-7-9-3-1-2-4-12(9)13(10)8-11/h1-4,7-8H,5-6H2. The van der Waals surface area contributed by atoms with Crippen molar-refractivity contribution < 1.29 is 4.79 Å². The molecule has 1 nitrogen and oxygen atoms in total. The van der Waals surface area contributed by atoms with Crippen LogP contribution in [-0.4, -0.2) is 5.78 Å². The molecule has 2 aliphatic rings. The Kier molecular flexibility index (Phi) is 1.48. The van der Waals surface area contributed by atoms with Crippen molar-refractivity contribution in [1.29, 1.82) is 0 Å². The number of benzene rings is 1. The molecule has 0 bridgehead atoms. The number of hydrogen-bond donors (Lipinski definition) is 0. The van der Waals surface area contributed by atoms with Crippen LogP contribution in [-0.2, 0) is 4.79 Å². The van der Waals surface area contributed by atoms with Crippen LogP contribution in [0, 0.1) is 0 Å². The Morgan fingerprint density at radius 2 is 1.86 bits per heavy atom. The van der Waals surface area contributed by atoms with E-state index in [4.69, 9.17) is 0 Å². The highest BCUT2D eigenvalue weighted by Crippen LogP contribution is 2.39. The van der Waals surface area contributed by atoms with E-state index in [1.807, 2.05) is 12.1 Å². The average molecular weight is 182 g/mol. The van der Waals surface area contributed by atoms with Crippen molar-refractivity contribution in [3.63, 3.8) is 0 Å². The summed E-state index contributed by atoms with van der Waals surface area (Å²) in [6.45, 7) is 0. The van der Waals surface area contributed by atoms with Crippen LogP contribution in [0.15, 0.2) is 35.9 Å². The third-order valence-corrected chi connectivity index (χ3v) is 2.87. The highest BCUT2D eigenvalue weighted by molar-refractivity contribution is 6.07. The van der Waals surface area contributed by atoms with Crippen molar-refractivity contribution in [2.24, 2.45) is 0 Å². The molecule has 0 amide bonds. The zero-order chi connectivity index (χ0) is 9.54. The summed E-state index contributed by atoms with van der Waals surface area (Å²) in [4.78, 5) is 11.3. The molecule has 1 aromatic carbocycles. The SMILES string of the molecule is O=C1C=C2C(=Cc3ccccc32)CC1. The number of allylic oxidation sites excluding steroid dienone is 3. The van der Waals surface area contributed by atoms with Crippen molar-refractivity contribution in [3.05, 3.63) is 47.0 Å². The monoisotopic (exact) mass is 182 g/mol. The van der Waals surface area contributed by atoms with Crippen LogP contribution < -0.4 is 0 Å². The van der Waals surface area contributed by atoms with Crippen LogP contribution in [0.25, 0.3) is 11.6 Å². The molecule has 0 saturated carbocycles. The lowest BCUT2D eigenvalue weighted by atomic mass is 9.92. The molecule has 14 heavy (non-hydrogen) atoms. The Labute approximate surface area is 82.8 Å². The van der Waals surface area contributed by atoms with Gasteiger partial charge < -0.3 is 0 Å². The summed E-state index contributed by atoms with van der Waals surface area (Å²) in [6.07, 6.45) is 5.57. The molecule has 0 fully saturated rings. The summed E-state index contributed by atoms with van der Waals surface area (Å²) >= 11 is 0. The first-order valence-corrected chi connectivity index (χ1v) is 4.89. The molecule has 1 heteroatoms. The molecule has 0 spiro atoms. The molecule has 1 aromatic rings. The maximum atomic E-state index is 11.3. The second-order valence-electron chi connectivity index (χ2n) is 3.78. The molecule has 0 saturated heterocycles. The summed E-state index contributed by atoms with van der Waals surface area (Å²) in [5, 5.41) is 0. The van der Waals surface area contributed by atoms with E-state index in [9.17, 15) is 4.79 Å². The van der Waals surface area contributed by atoms with Gasteiger partial charge in [0.25, 0.3) is 0 Å². The van der Waals surface area contributed by atoms with Crippen LogP contribution in [0.3, 0.4) is 0 Å². The van der Waals surface area contributed by atoms with Crippen molar-refractivity contribution >= 4 is 17.4 Å². The zero-order valence-corrected chi connectivity index (χ0v) is 7.79. The van der Waals surface area contributed by atoms with Crippen LogP contribution in [0.4, 0.5) is 0 Å². The van der Waals surface area contributed by atoms with Crippen molar-refractivity contribution in [1.82, 2.24) is 0 Å². The first-order chi connectivity index (χ1) is 6.84. The first kappa shape index (κ1) is 7.74. The van der Waals surface area contributed by atoms with E-state index in [2.05, 4.69) is 18.2 Å². The maximum Gasteiger partial charge on any atom is 0.156 e. The van der Waals surface area contributed by atoms with Gasteiger partial charge in [-0.15, -0.1) is 0 Å². The van der Waals surface area contributed by atoms with Crippen LogP contribution in [0.1, 0.15) is 24.0 Å². The molecule has 3 rings (SSSR count). The van der Waals surface area contributed by atoms with Gasteiger partial charge in [-0.1, -0.05) is 30.3 Å². The quantitative estimate of drug-likeness (QED) is 0.603. The van der Waals surface area contributed by atoms with Gasteiger partial charge >= 0.3 is 0 Å². The Bertz CT molecular complexity index is 478. The van der Waals surface area contributed by atoms with E-state index in [0.29, 0.717) is 6.42 Å². The number of carbonyl (C=O) groups is 1. The minimum atomic E-state index is 0.258. The Morgan fingerprint density at radius 3 is 2.79 bits per heavy atom. The molecule has 0 unspecified atom stereocenters. The predicted molar refractivity (Wildman–Crippen MR) is 56.6 cm³/mol. The van der Waals surface area contributed by atoms with E-state index in [1.165, 1.54) is 16.7 Å². The average Bonchev–Trinajstić information content (AvgIpc) is 2.56.